The van der Waals surface area contributed by atoms with E-state index in [-0.39, 0.29) is 36.1 Å². The van der Waals surface area contributed by atoms with E-state index in [0.29, 0.717) is 37.8 Å². The topological polar surface area (TPSA) is 85.3 Å². The molecule has 4 aliphatic carbocycles. The van der Waals surface area contributed by atoms with Crippen LogP contribution in [0.15, 0.2) is 24.3 Å². The van der Waals surface area contributed by atoms with Crippen LogP contribution in [0.2, 0.25) is 0 Å². The molecule has 10 atom stereocenters. The summed E-state index contributed by atoms with van der Waals surface area (Å²) in [5.74, 6) is -0.0788. The van der Waals surface area contributed by atoms with E-state index >= 15 is 0 Å². The molecule has 5 aliphatic rings. The second-order valence-corrected chi connectivity index (χ2v) is 13.1. The Morgan fingerprint density at radius 1 is 1.29 bits per heavy atom. The highest BCUT2D eigenvalue weighted by atomic mass is 16.6. The molecular formula is C31H47NO6. The van der Waals surface area contributed by atoms with Crippen molar-refractivity contribution in [3.8, 4) is 0 Å². The standard InChI is InChI=1S/C31H47NO6/c1-7-8-11-32-15-23(38-21(5)27(16-32)36-6)17-37-30-14-24-20(4)9-10-25(24)29(18-33)13-22(30)12-26(19(2)3)31(29,30)28(34)35/h7,12,18-25,27H,1,8-11,13-17H2,2-6H3,(H,34,35)/t20-,21-,22+,23-,24-,25-,27+,29+,30+,31+/m1/s1. The number of hydrogen-bond donors (Lipinski definition) is 1. The predicted molar refractivity (Wildman–Crippen MR) is 145 cm³/mol. The second-order valence-electron chi connectivity index (χ2n) is 13.1. The summed E-state index contributed by atoms with van der Waals surface area (Å²) in [6, 6.07) is 0. The van der Waals surface area contributed by atoms with Crippen LogP contribution < -0.4 is 0 Å². The number of hydrogen-bond acceptors (Lipinski definition) is 6. The zero-order valence-electron chi connectivity index (χ0n) is 23.9. The first-order valence-electron chi connectivity index (χ1n) is 14.7. The third kappa shape index (κ3) is 3.68. The fourth-order valence-corrected chi connectivity index (χ4v) is 9.62. The van der Waals surface area contributed by atoms with Crippen LogP contribution >= 0.6 is 0 Å². The molecule has 4 fully saturated rings. The number of carbonyl (C=O) groups excluding carboxylic acids is 1. The molecule has 1 saturated heterocycles. The van der Waals surface area contributed by atoms with Gasteiger partial charge in [0.15, 0.2) is 0 Å². The molecule has 5 rings (SSSR count). The molecule has 1 heterocycles. The van der Waals surface area contributed by atoms with E-state index in [2.05, 4.69) is 38.3 Å². The van der Waals surface area contributed by atoms with Crippen molar-refractivity contribution in [2.45, 2.75) is 83.7 Å². The minimum absolute atomic E-state index is 0.0279. The van der Waals surface area contributed by atoms with Gasteiger partial charge in [-0.2, -0.15) is 0 Å². The Kier molecular flexibility index (Phi) is 7.47. The number of nitrogens with zero attached hydrogens (tertiary/aromatic N) is 1. The Labute approximate surface area is 227 Å². The molecule has 3 saturated carbocycles. The largest absolute Gasteiger partial charge is 0.480 e. The van der Waals surface area contributed by atoms with E-state index in [0.717, 1.165) is 44.2 Å². The molecule has 7 heteroatoms. The molecule has 0 unspecified atom stereocenters. The van der Waals surface area contributed by atoms with Crippen LogP contribution in [0.1, 0.15) is 59.8 Å². The Hall–Kier alpha value is -1.54. The van der Waals surface area contributed by atoms with Crippen LogP contribution in [0.3, 0.4) is 0 Å². The SMILES string of the molecule is C=CCCN1C[C@H](CO[C@@]23C[C@@H]4[C@H](C)CC[C@H]4[C@@]4(C=O)C[C@@H]2C=C(C(C)C)[C@@]34C(=O)O)O[C@H](C)[C@@H](OC)C1. The van der Waals surface area contributed by atoms with E-state index in [9.17, 15) is 14.7 Å². The van der Waals surface area contributed by atoms with Gasteiger partial charge in [-0.1, -0.05) is 44.9 Å². The Bertz CT molecular complexity index is 979. The van der Waals surface area contributed by atoms with Crippen molar-refractivity contribution in [2.24, 2.45) is 40.4 Å². The first-order valence-corrected chi connectivity index (χ1v) is 14.7. The summed E-state index contributed by atoms with van der Waals surface area (Å²) in [6.07, 6.45) is 8.88. The number of ether oxygens (including phenoxy) is 3. The van der Waals surface area contributed by atoms with Gasteiger partial charge in [-0.3, -0.25) is 9.69 Å². The maximum atomic E-state index is 13.6. The molecule has 0 amide bonds. The van der Waals surface area contributed by atoms with E-state index in [4.69, 9.17) is 14.2 Å². The van der Waals surface area contributed by atoms with Crippen LogP contribution in [-0.2, 0) is 23.8 Å². The van der Waals surface area contributed by atoms with Gasteiger partial charge >= 0.3 is 5.97 Å². The van der Waals surface area contributed by atoms with Crippen LogP contribution in [0.5, 0.6) is 0 Å². The van der Waals surface area contributed by atoms with Crippen LogP contribution in [0.4, 0.5) is 0 Å². The van der Waals surface area contributed by atoms with Gasteiger partial charge < -0.3 is 24.1 Å². The fourth-order valence-electron chi connectivity index (χ4n) is 9.62. The summed E-state index contributed by atoms with van der Waals surface area (Å²) in [6.45, 7) is 14.9. The average Bonchev–Trinajstić information content (AvgIpc) is 3.40. The second kappa shape index (κ2) is 10.1. The maximum absolute atomic E-state index is 13.6. The molecule has 1 N–H and O–H groups in total. The number of aldehydes is 1. The van der Waals surface area contributed by atoms with Gasteiger partial charge in [0.2, 0.25) is 0 Å². The van der Waals surface area contributed by atoms with Crippen molar-refractivity contribution < 1.29 is 28.9 Å². The van der Waals surface area contributed by atoms with Crippen LogP contribution in [0.25, 0.3) is 0 Å². The molecule has 38 heavy (non-hydrogen) atoms. The van der Waals surface area contributed by atoms with E-state index in [1.54, 1.807) is 7.11 Å². The third-order valence-corrected chi connectivity index (χ3v) is 11.1. The summed E-state index contributed by atoms with van der Waals surface area (Å²) < 4.78 is 19.3. The summed E-state index contributed by atoms with van der Waals surface area (Å²) in [4.78, 5) is 29.2. The van der Waals surface area contributed by atoms with Gasteiger partial charge in [-0.15, -0.1) is 6.58 Å². The van der Waals surface area contributed by atoms with Gasteiger partial charge in [0.05, 0.1) is 35.9 Å². The number of aliphatic carboxylic acids is 1. The van der Waals surface area contributed by atoms with Crippen molar-refractivity contribution in [2.75, 3.05) is 33.4 Å². The zero-order valence-corrected chi connectivity index (χ0v) is 23.9. The molecule has 0 spiro atoms. The smallest absolute Gasteiger partial charge is 0.317 e. The summed E-state index contributed by atoms with van der Waals surface area (Å²) in [7, 11) is 1.72. The maximum Gasteiger partial charge on any atom is 0.317 e. The highest BCUT2D eigenvalue weighted by molar-refractivity contribution is 5.91. The van der Waals surface area contributed by atoms with Crippen molar-refractivity contribution >= 4 is 12.3 Å². The van der Waals surface area contributed by atoms with Crippen LogP contribution in [-0.4, -0.2) is 79.5 Å². The quantitative estimate of drug-likeness (QED) is 0.332. The van der Waals surface area contributed by atoms with Crippen molar-refractivity contribution in [1.82, 2.24) is 4.90 Å². The lowest BCUT2D eigenvalue weighted by molar-refractivity contribution is -0.218. The molecule has 212 valence electrons. The van der Waals surface area contributed by atoms with E-state index in [1.807, 2.05) is 13.0 Å². The lowest BCUT2D eigenvalue weighted by atomic mass is 9.45. The first kappa shape index (κ1) is 28.0. The molecule has 0 radical (unpaired) electrons. The van der Waals surface area contributed by atoms with Crippen LogP contribution in [0, 0.1) is 40.4 Å². The lowest BCUT2D eigenvalue weighted by Gasteiger charge is -2.58. The van der Waals surface area contributed by atoms with Crippen molar-refractivity contribution in [1.29, 1.82) is 0 Å². The van der Waals surface area contributed by atoms with Gasteiger partial charge in [-0.05, 0) is 56.3 Å². The zero-order chi connectivity index (χ0) is 27.5. The predicted octanol–water partition coefficient (Wildman–Crippen LogP) is 4.36. The molecule has 1 aliphatic heterocycles. The Morgan fingerprint density at radius 3 is 2.68 bits per heavy atom. The summed E-state index contributed by atoms with van der Waals surface area (Å²) in [5, 5.41) is 11.1. The Morgan fingerprint density at radius 2 is 2.05 bits per heavy atom. The molecule has 0 aromatic heterocycles. The number of carboxylic acids is 1. The number of carbonyl (C=O) groups is 2. The van der Waals surface area contributed by atoms with Crippen molar-refractivity contribution in [3.05, 3.63) is 24.3 Å². The van der Waals surface area contributed by atoms with Gasteiger partial charge in [0.1, 0.15) is 11.7 Å². The molecule has 0 aromatic carbocycles. The highest BCUT2D eigenvalue weighted by Gasteiger charge is 2.85. The number of carboxylic acid groups (broad SMARTS) is 1. The Balaban J connectivity index is 1.52. The summed E-state index contributed by atoms with van der Waals surface area (Å²) in [5.41, 5.74) is -2.27. The highest BCUT2D eigenvalue weighted by Crippen LogP contribution is 2.80. The monoisotopic (exact) mass is 529 g/mol. The molecular weight excluding hydrogens is 482 g/mol. The average molecular weight is 530 g/mol. The minimum Gasteiger partial charge on any atom is -0.480 e. The fraction of sp³-hybridized carbons (Fsp3) is 0.806. The number of rotatable bonds is 10. The minimum atomic E-state index is -1.32. The molecule has 4 bridgehead atoms. The molecule has 7 nitrogen and oxygen atoms in total. The van der Waals surface area contributed by atoms with E-state index < -0.39 is 22.4 Å². The number of fused-ring (bicyclic) bond motifs is 2. The van der Waals surface area contributed by atoms with Gasteiger partial charge in [0, 0.05) is 32.7 Å². The normalized spacial score (nSPS) is 46.1. The van der Waals surface area contributed by atoms with Crippen molar-refractivity contribution in [3.63, 3.8) is 0 Å². The number of methoxy groups -OCH3 is 1. The van der Waals surface area contributed by atoms with E-state index in [1.165, 1.54) is 0 Å². The molecule has 0 aromatic rings. The first-order chi connectivity index (χ1) is 18.1. The lowest BCUT2D eigenvalue weighted by Crippen LogP contribution is -2.66. The third-order valence-electron chi connectivity index (χ3n) is 11.1. The van der Waals surface area contributed by atoms with Gasteiger partial charge in [0.25, 0.3) is 0 Å². The summed E-state index contributed by atoms with van der Waals surface area (Å²) >= 11 is 0. The van der Waals surface area contributed by atoms with Gasteiger partial charge in [-0.25, -0.2) is 0 Å².